The second-order valence-electron chi connectivity index (χ2n) is 3.97. The van der Waals surface area contributed by atoms with Gasteiger partial charge in [-0.1, -0.05) is 0 Å². The van der Waals surface area contributed by atoms with Gasteiger partial charge in [-0.2, -0.15) is 0 Å². The van der Waals surface area contributed by atoms with Crippen LogP contribution in [-0.2, 0) is 6.54 Å². The van der Waals surface area contributed by atoms with E-state index in [2.05, 4.69) is 0 Å². The van der Waals surface area contributed by atoms with Crippen molar-refractivity contribution in [2.24, 2.45) is 0 Å². The monoisotopic (exact) mass is 356 g/mol. The second-order valence-corrected chi connectivity index (χ2v) is 3.97. The maximum Gasteiger partial charge on any atom is 0.269 e. The zero-order chi connectivity index (χ0) is 12.3. The Bertz CT molecular complexity index is 524. The van der Waals surface area contributed by atoms with Gasteiger partial charge in [-0.15, -0.1) is 0 Å². The number of hydrogen-bond acceptors (Lipinski definition) is 2. The average Bonchev–Trinajstić information content (AvgIpc) is 2.33. The third kappa shape index (κ3) is 3.76. The first kappa shape index (κ1) is 14.6. The number of pyridine rings is 1. The number of aromatic nitrogens is 1. The van der Waals surface area contributed by atoms with Gasteiger partial charge in [0, 0.05) is 29.8 Å². The Labute approximate surface area is 122 Å². The van der Waals surface area contributed by atoms with Gasteiger partial charge in [-0.3, -0.25) is 10.1 Å². The predicted octanol–water partition coefficient (Wildman–Crippen LogP) is -0.757. The molecule has 0 radical (unpaired) electrons. The molecule has 18 heavy (non-hydrogen) atoms. The van der Waals surface area contributed by atoms with Gasteiger partial charge in [0.2, 0.25) is 0 Å². The van der Waals surface area contributed by atoms with Gasteiger partial charge in [0.05, 0.1) is 4.92 Å². The van der Waals surface area contributed by atoms with Gasteiger partial charge in [-0.25, -0.2) is 4.57 Å². The fraction of sp³-hybridized carbons (Fsp3) is 0.154. The summed E-state index contributed by atoms with van der Waals surface area (Å²) >= 11 is 0. The van der Waals surface area contributed by atoms with E-state index in [-0.39, 0.29) is 34.6 Å². The van der Waals surface area contributed by atoms with Crippen LogP contribution in [0, 0.1) is 17.0 Å². The summed E-state index contributed by atoms with van der Waals surface area (Å²) in [5, 5.41) is 10.5. The van der Waals surface area contributed by atoms with Crippen LogP contribution >= 0.6 is 0 Å². The van der Waals surface area contributed by atoms with Crippen molar-refractivity contribution >= 4 is 5.69 Å². The van der Waals surface area contributed by atoms with Gasteiger partial charge >= 0.3 is 0 Å². The van der Waals surface area contributed by atoms with E-state index in [1.807, 2.05) is 36.0 Å². The highest BCUT2D eigenvalue weighted by Crippen LogP contribution is 2.11. The molecule has 0 fully saturated rings. The summed E-state index contributed by atoms with van der Waals surface area (Å²) in [5.74, 6) is 0. The van der Waals surface area contributed by atoms with Crippen LogP contribution in [0.4, 0.5) is 5.69 Å². The van der Waals surface area contributed by atoms with Crippen LogP contribution in [0.15, 0.2) is 48.8 Å². The molecule has 0 spiro atoms. The van der Waals surface area contributed by atoms with E-state index in [0.29, 0.717) is 0 Å². The fourth-order valence-electron chi connectivity index (χ4n) is 1.57. The highest BCUT2D eigenvalue weighted by atomic mass is 127. The quantitative estimate of drug-likeness (QED) is 0.314. The first-order chi connectivity index (χ1) is 8.15. The molecule has 0 amide bonds. The van der Waals surface area contributed by atoms with Gasteiger partial charge < -0.3 is 24.0 Å². The fourth-order valence-corrected chi connectivity index (χ4v) is 1.57. The molecule has 0 saturated carbocycles. The normalized spacial score (nSPS) is 9.61. The van der Waals surface area contributed by atoms with Gasteiger partial charge in [0.25, 0.3) is 5.69 Å². The maximum atomic E-state index is 10.5. The zero-order valence-corrected chi connectivity index (χ0v) is 12.1. The number of halogens is 1. The minimum atomic E-state index is -0.386. The molecule has 2 rings (SSSR count). The Balaban J connectivity index is 0.00000162. The molecule has 0 bridgehead atoms. The Kier molecular flexibility index (Phi) is 5.21. The lowest BCUT2D eigenvalue weighted by Crippen LogP contribution is -3.00. The topological polar surface area (TPSA) is 47.0 Å². The molecule has 0 aliphatic heterocycles. The third-order valence-corrected chi connectivity index (χ3v) is 2.57. The van der Waals surface area contributed by atoms with Crippen LogP contribution in [-0.4, -0.2) is 4.92 Å². The van der Waals surface area contributed by atoms with E-state index in [4.69, 9.17) is 0 Å². The van der Waals surface area contributed by atoms with Gasteiger partial charge in [-0.05, 0) is 24.6 Å². The van der Waals surface area contributed by atoms with Crippen molar-refractivity contribution in [3.05, 3.63) is 70.0 Å². The molecular formula is C13H13IN2O2. The van der Waals surface area contributed by atoms with Crippen molar-refractivity contribution in [2.45, 2.75) is 13.5 Å². The van der Waals surface area contributed by atoms with Crippen molar-refractivity contribution in [3.8, 4) is 0 Å². The van der Waals surface area contributed by atoms with E-state index >= 15 is 0 Å². The molecule has 1 heterocycles. The van der Waals surface area contributed by atoms with E-state index in [9.17, 15) is 10.1 Å². The van der Waals surface area contributed by atoms with E-state index < -0.39 is 0 Å². The molecule has 0 saturated heterocycles. The summed E-state index contributed by atoms with van der Waals surface area (Å²) in [6, 6.07) is 10.7. The van der Waals surface area contributed by atoms with Crippen LogP contribution in [0.3, 0.4) is 0 Å². The van der Waals surface area contributed by atoms with Crippen molar-refractivity contribution in [2.75, 3.05) is 0 Å². The smallest absolute Gasteiger partial charge is 0.269 e. The van der Waals surface area contributed by atoms with Crippen LogP contribution < -0.4 is 28.5 Å². The Morgan fingerprint density at radius 2 is 1.67 bits per heavy atom. The molecule has 0 unspecified atom stereocenters. The average molecular weight is 356 g/mol. The van der Waals surface area contributed by atoms with Gasteiger partial charge in [0.1, 0.15) is 0 Å². The Morgan fingerprint density at radius 3 is 2.17 bits per heavy atom. The predicted molar refractivity (Wildman–Crippen MR) is 63.6 cm³/mol. The summed E-state index contributed by atoms with van der Waals surface area (Å²) in [4.78, 5) is 10.1. The number of nitro benzene ring substituents is 1. The zero-order valence-electron chi connectivity index (χ0n) is 9.91. The van der Waals surface area contributed by atoms with Crippen molar-refractivity contribution < 1.29 is 33.5 Å². The SMILES string of the molecule is Cc1cc[n+](Cc2ccc([N+](=O)[O-])cc2)cc1.[I-]. The number of benzene rings is 1. The first-order valence-electron chi connectivity index (χ1n) is 5.34. The number of hydrogen-bond donors (Lipinski definition) is 0. The Hall–Kier alpha value is -1.50. The summed E-state index contributed by atoms with van der Waals surface area (Å²) in [7, 11) is 0. The highest BCUT2D eigenvalue weighted by Gasteiger charge is 2.06. The van der Waals surface area contributed by atoms with Crippen molar-refractivity contribution in [3.63, 3.8) is 0 Å². The van der Waals surface area contributed by atoms with E-state index in [0.717, 1.165) is 12.1 Å². The molecular weight excluding hydrogens is 343 g/mol. The van der Waals surface area contributed by atoms with Gasteiger partial charge in [0.15, 0.2) is 18.9 Å². The molecule has 0 N–H and O–H groups in total. The number of nitrogens with zero attached hydrogens (tertiary/aromatic N) is 2. The van der Waals surface area contributed by atoms with Crippen LogP contribution in [0.1, 0.15) is 11.1 Å². The highest BCUT2D eigenvalue weighted by molar-refractivity contribution is 5.32. The summed E-state index contributed by atoms with van der Waals surface area (Å²) < 4.78 is 2.04. The van der Waals surface area contributed by atoms with Crippen molar-refractivity contribution in [1.29, 1.82) is 0 Å². The first-order valence-corrected chi connectivity index (χ1v) is 5.34. The number of rotatable bonds is 3. The lowest BCUT2D eigenvalue weighted by Gasteiger charge is -1.98. The molecule has 5 heteroatoms. The minimum absolute atomic E-state index is 0. The molecule has 1 aromatic carbocycles. The third-order valence-electron chi connectivity index (χ3n) is 2.57. The summed E-state index contributed by atoms with van der Waals surface area (Å²) in [6.45, 7) is 2.76. The van der Waals surface area contributed by atoms with Crippen LogP contribution in [0.25, 0.3) is 0 Å². The molecule has 94 valence electrons. The Morgan fingerprint density at radius 1 is 1.11 bits per heavy atom. The van der Waals surface area contributed by atoms with Crippen LogP contribution in [0.2, 0.25) is 0 Å². The maximum absolute atomic E-state index is 10.5. The number of aryl methyl sites for hydroxylation is 1. The molecule has 0 aliphatic rings. The van der Waals surface area contributed by atoms with Crippen molar-refractivity contribution in [1.82, 2.24) is 0 Å². The summed E-state index contributed by atoms with van der Waals surface area (Å²) in [5.41, 5.74) is 2.39. The molecule has 2 aromatic rings. The largest absolute Gasteiger partial charge is 1.00 e. The second kappa shape index (κ2) is 6.44. The summed E-state index contributed by atoms with van der Waals surface area (Å²) in [6.07, 6.45) is 3.99. The number of non-ortho nitro benzene ring substituents is 1. The number of nitro groups is 1. The lowest BCUT2D eigenvalue weighted by molar-refractivity contribution is -0.688. The minimum Gasteiger partial charge on any atom is -1.00 e. The van der Waals surface area contributed by atoms with E-state index in [1.165, 1.54) is 17.7 Å². The molecule has 4 nitrogen and oxygen atoms in total. The molecule has 0 aliphatic carbocycles. The molecule has 1 aromatic heterocycles. The molecule has 0 atom stereocenters. The van der Waals surface area contributed by atoms with Crippen LogP contribution in [0.5, 0.6) is 0 Å². The lowest BCUT2D eigenvalue weighted by atomic mass is 10.2. The van der Waals surface area contributed by atoms with E-state index in [1.54, 1.807) is 12.1 Å². The standard InChI is InChI=1S/C13H13N2O2.HI/c1-11-6-8-14(9-7-11)10-12-2-4-13(5-3-12)15(16)17;/h2-9H,10H2,1H3;1H/q+1;/p-1.